The van der Waals surface area contributed by atoms with Crippen LogP contribution in [0.25, 0.3) is 0 Å². The molecule has 1 aromatic rings. The number of aliphatic hydroxyl groups is 1. The molecule has 0 aromatic heterocycles. The number of aliphatic hydroxyl groups excluding tert-OH is 1. The maximum Gasteiger partial charge on any atom is 0.243 e. The van der Waals surface area contributed by atoms with Crippen LogP contribution in [0, 0.1) is 5.92 Å². The fraction of sp³-hybridized carbons (Fsp3) is 0.500. The molecule has 1 saturated heterocycles. The zero-order valence-corrected chi connectivity index (χ0v) is 11.3. The first-order valence-corrected chi connectivity index (χ1v) is 7.58. The van der Waals surface area contributed by atoms with Gasteiger partial charge in [-0.25, -0.2) is 8.42 Å². The summed E-state index contributed by atoms with van der Waals surface area (Å²) in [4.78, 5) is 0.0882. The molecule has 106 valence electrons. The van der Waals surface area contributed by atoms with Crippen LogP contribution in [0.5, 0.6) is 5.75 Å². The van der Waals surface area contributed by atoms with Gasteiger partial charge in [-0.3, -0.25) is 0 Å². The lowest BCUT2D eigenvalue weighted by atomic mass is 10.00. The van der Waals surface area contributed by atoms with Crippen LogP contribution in [0.3, 0.4) is 0 Å². The number of benzene rings is 1. The van der Waals surface area contributed by atoms with Gasteiger partial charge in [-0.05, 0) is 37.0 Å². The summed E-state index contributed by atoms with van der Waals surface area (Å²) in [5.41, 5.74) is 5.57. The van der Waals surface area contributed by atoms with Crippen LogP contribution < -0.4 is 5.73 Å². The zero-order valence-electron chi connectivity index (χ0n) is 10.5. The van der Waals surface area contributed by atoms with Gasteiger partial charge < -0.3 is 15.9 Å². The van der Waals surface area contributed by atoms with E-state index in [0.717, 1.165) is 0 Å². The van der Waals surface area contributed by atoms with Crippen LogP contribution in [0.4, 0.5) is 5.69 Å². The number of hydrogen-bond donors (Lipinski definition) is 3. The van der Waals surface area contributed by atoms with E-state index in [4.69, 9.17) is 10.8 Å². The van der Waals surface area contributed by atoms with Gasteiger partial charge in [-0.2, -0.15) is 4.31 Å². The van der Waals surface area contributed by atoms with E-state index in [-0.39, 0.29) is 28.9 Å². The normalized spacial score (nSPS) is 18.6. The second-order valence-corrected chi connectivity index (χ2v) is 6.69. The molecule has 1 heterocycles. The zero-order chi connectivity index (χ0) is 14.0. The van der Waals surface area contributed by atoms with Gasteiger partial charge in [0.1, 0.15) is 5.75 Å². The van der Waals surface area contributed by atoms with E-state index < -0.39 is 10.0 Å². The van der Waals surface area contributed by atoms with E-state index in [2.05, 4.69) is 0 Å². The smallest absolute Gasteiger partial charge is 0.243 e. The summed E-state index contributed by atoms with van der Waals surface area (Å²) < 4.78 is 26.1. The maximum atomic E-state index is 12.4. The van der Waals surface area contributed by atoms with Crippen molar-refractivity contribution < 1.29 is 18.6 Å². The largest absolute Gasteiger partial charge is 0.506 e. The molecular weight excluding hydrogens is 268 g/mol. The van der Waals surface area contributed by atoms with Crippen LogP contribution in [-0.4, -0.2) is 42.6 Å². The fourth-order valence-electron chi connectivity index (χ4n) is 2.17. The number of sulfonamides is 1. The van der Waals surface area contributed by atoms with Crippen LogP contribution in [0.15, 0.2) is 23.1 Å². The number of phenols is 1. The van der Waals surface area contributed by atoms with Crippen LogP contribution in [-0.2, 0) is 10.0 Å². The third kappa shape index (κ3) is 2.83. The van der Waals surface area contributed by atoms with Gasteiger partial charge in [-0.1, -0.05) is 0 Å². The average molecular weight is 286 g/mol. The van der Waals surface area contributed by atoms with Crippen molar-refractivity contribution in [3.05, 3.63) is 18.2 Å². The SMILES string of the molecule is Nc1cc(S(=O)(=O)N2CCC(CO)CC2)ccc1O. The van der Waals surface area contributed by atoms with Crippen molar-refractivity contribution in [2.45, 2.75) is 17.7 Å². The third-order valence-electron chi connectivity index (χ3n) is 3.47. The van der Waals surface area contributed by atoms with Gasteiger partial charge in [0.05, 0.1) is 10.6 Å². The quantitative estimate of drug-likeness (QED) is 0.550. The number of piperidine rings is 1. The molecule has 0 aliphatic carbocycles. The molecule has 19 heavy (non-hydrogen) atoms. The molecule has 0 atom stereocenters. The molecule has 0 amide bonds. The summed E-state index contributed by atoms with van der Waals surface area (Å²) in [5, 5.41) is 18.4. The highest BCUT2D eigenvalue weighted by atomic mass is 32.2. The lowest BCUT2D eigenvalue weighted by Crippen LogP contribution is -2.39. The first-order chi connectivity index (χ1) is 8.95. The van der Waals surface area contributed by atoms with Gasteiger partial charge in [0.25, 0.3) is 0 Å². The monoisotopic (exact) mass is 286 g/mol. The Kier molecular flexibility index (Phi) is 3.98. The van der Waals surface area contributed by atoms with Crippen LogP contribution >= 0.6 is 0 Å². The molecule has 0 radical (unpaired) electrons. The summed E-state index contributed by atoms with van der Waals surface area (Å²) in [6.45, 7) is 0.892. The minimum absolute atomic E-state index is 0.0475. The molecule has 2 rings (SSSR count). The summed E-state index contributed by atoms with van der Waals surface area (Å²) in [5.74, 6) is 0.0503. The molecule has 6 nitrogen and oxygen atoms in total. The summed E-state index contributed by atoms with van der Waals surface area (Å²) in [6.07, 6.45) is 1.31. The topological polar surface area (TPSA) is 104 Å². The molecule has 0 bridgehead atoms. The second kappa shape index (κ2) is 5.36. The Balaban J connectivity index is 2.21. The lowest BCUT2D eigenvalue weighted by Gasteiger charge is -2.30. The van der Waals surface area contributed by atoms with E-state index in [0.29, 0.717) is 25.9 Å². The van der Waals surface area contributed by atoms with E-state index in [9.17, 15) is 13.5 Å². The third-order valence-corrected chi connectivity index (χ3v) is 5.36. The highest BCUT2D eigenvalue weighted by Crippen LogP contribution is 2.27. The van der Waals surface area contributed by atoms with Crippen molar-refractivity contribution in [1.82, 2.24) is 4.31 Å². The number of nitrogens with zero attached hydrogens (tertiary/aromatic N) is 1. The summed E-state index contributed by atoms with van der Waals surface area (Å²) in [6, 6.07) is 3.89. The number of phenolic OH excluding ortho intramolecular Hbond substituents is 1. The Morgan fingerprint density at radius 2 is 1.95 bits per heavy atom. The molecule has 0 unspecified atom stereocenters. The van der Waals surface area contributed by atoms with E-state index >= 15 is 0 Å². The van der Waals surface area contributed by atoms with Crippen molar-refractivity contribution in [3.8, 4) is 5.75 Å². The van der Waals surface area contributed by atoms with Crippen LogP contribution in [0.2, 0.25) is 0 Å². The number of anilines is 1. The molecule has 1 fully saturated rings. The van der Waals surface area contributed by atoms with Crippen molar-refractivity contribution in [2.24, 2.45) is 5.92 Å². The molecule has 0 spiro atoms. The van der Waals surface area contributed by atoms with Crippen molar-refractivity contribution in [3.63, 3.8) is 0 Å². The predicted molar refractivity (Wildman–Crippen MR) is 71.1 cm³/mol. The molecule has 1 aliphatic heterocycles. The minimum atomic E-state index is -3.57. The Hall–Kier alpha value is -1.31. The first-order valence-electron chi connectivity index (χ1n) is 6.14. The van der Waals surface area contributed by atoms with Crippen molar-refractivity contribution >= 4 is 15.7 Å². The van der Waals surface area contributed by atoms with Gasteiger partial charge in [0, 0.05) is 19.7 Å². The lowest BCUT2D eigenvalue weighted by molar-refractivity contribution is 0.170. The van der Waals surface area contributed by atoms with Gasteiger partial charge in [-0.15, -0.1) is 0 Å². The Bertz CT molecular complexity index is 551. The second-order valence-electron chi connectivity index (χ2n) is 4.75. The number of aromatic hydroxyl groups is 1. The summed E-state index contributed by atoms with van der Waals surface area (Å²) >= 11 is 0. The Morgan fingerprint density at radius 3 is 2.47 bits per heavy atom. The fourth-order valence-corrected chi connectivity index (χ4v) is 3.68. The van der Waals surface area contributed by atoms with E-state index in [1.807, 2.05) is 0 Å². The highest BCUT2D eigenvalue weighted by molar-refractivity contribution is 7.89. The number of rotatable bonds is 3. The molecule has 0 saturated carbocycles. The van der Waals surface area contributed by atoms with Gasteiger partial charge in [0.15, 0.2) is 0 Å². The molecule has 7 heteroatoms. The molecule has 4 N–H and O–H groups in total. The summed E-state index contributed by atoms with van der Waals surface area (Å²) in [7, 11) is -3.57. The number of nitrogen functional groups attached to an aromatic ring is 1. The Labute approximate surface area is 112 Å². The average Bonchev–Trinajstić information content (AvgIpc) is 2.41. The minimum Gasteiger partial charge on any atom is -0.506 e. The molecule has 1 aromatic carbocycles. The molecule has 1 aliphatic rings. The van der Waals surface area contributed by atoms with Crippen LogP contribution in [0.1, 0.15) is 12.8 Å². The Morgan fingerprint density at radius 1 is 1.32 bits per heavy atom. The van der Waals surface area contributed by atoms with E-state index in [1.165, 1.54) is 22.5 Å². The van der Waals surface area contributed by atoms with Gasteiger partial charge >= 0.3 is 0 Å². The predicted octanol–water partition coefficient (Wildman–Crippen LogP) is 0.367. The number of hydrogen-bond acceptors (Lipinski definition) is 5. The first kappa shape index (κ1) is 14.1. The standard InChI is InChI=1S/C12H18N2O4S/c13-11-7-10(1-2-12(11)16)19(17,18)14-5-3-9(8-15)4-6-14/h1-2,7,9,15-16H,3-6,8,13H2. The highest BCUT2D eigenvalue weighted by Gasteiger charge is 2.29. The van der Waals surface area contributed by atoms with Gasteiger partial charge in [0.2, 0.25) is 10.0 Å². The maximum absolute atomic E-state index is 12.4. The van der Waals surface area contributed by atoms with Crippen molar-refractivity contribution in [1.29, 1.82) is 0 Å². The van der Waals surface area contributed by atoms with E-state index in [1.54, 1.807) is 0 Å². The molecular formula is C12H18N2O4S. The van der Waals surface area contributed by atoms with Crippen molar-refractivity contribution in [2.75, 3.05) is 25.4 Å². The number of nitrogens with two attached hydrogens (primary N) is 1.